The average Bonchev–Trinajstić information content (AvgIpc) is 4.11. The van der Waals surface area contributed by atoms with E-state index in [0.717, 1.165) is 103 Å². The van der Waals surface area contributed by atoms with Gasteiger partial charge in [0.2, 0.25) is 0 Å². The van der Waals surface area contributed by atoms with Gasteiger partial charge >= 0.3 is 5.97 Å². The molecule has 326 valence electrons. The number of carboxylic acid groups (broad SMARTS) is 1. The van der Waals surface area contributed by atoms with E-state index in [0.29, 0.717) is 37.2 Å². The van der Waals surface area contributed by atoms with Crippen LogP contribution in [0.5, 0.6) is 0 Å². The van der Waals surface area contributed by atoms with Crippen molar-refractivity contribution in [2.24, 2.45) is 5.41 Å². The fourth-order valence-electron chi connectivity index (χ4n) is 9.34. The smallest absolute Gasteiger partial charge is 0.326 e. The Morgan fingerprint density at radius 3 is 1.62 bits per heavy atom. The van der Waals surface area contributed by atoms with Crippen molar-refractivity contribution < 1.29 is 29.1 Å². The second-order valence-electron chi connectivity index (χ2n) is 18.3. The normalized spacial score (nSPS) is 20.2. The molecule has 3 aromatic rings. The number of hydrogen-bond acceptors (Lipinski definition) is 9. The van der Waals surface area contributed by atoms with E-state index in [9.17, 15) is 29.1 Å². The Morgan fingerprint density at radius 1 is 0.672 bits per heavy atom. The first-order valence-corrected chi connectivity index (χ1v) is 22.3. The number of hydrogen-bond donors (Lipinski definition) is 3. The van der Waals surface area contributed by atoms with Crippen LogP contribution in [-0.2, 0) is 11.2 Å². The maximum atomic E-state index is 14.5. The van der Waals surface area contributed by atoms with Gasteiger partial charge in [-0.1, -0.05) is 51.1 Å². The highest BCUT2D eigenvalue weighted by Crippen LogP contribution is 2.29. The number of nitrogens with zero attached hydrogens (tertiary/aromatic N) is 6. The summed E-state index contributed by atoms with van der Waals surface area (Å²) >= 11 is 0. The fourth-order valence-corrected chi connectivity index (χ4v) is 9.34. The minimum Gasteiger partial charge on any atom is -0.480 e. The first-order chi connectivity index (χ1) is 29.3. The van der Waals surface area contributed by atoms with Gasteiger partial charge in [0.05, 0.1) is 0 Å². The number of likely N-dealkylation sites (tertiary alicyclic amines) is 4. The van der Waals surface area contributed by atoms with Crippen molar-refractivity contribution in [1.82, 2.24) is 40.2 Å². The number of aliphatic carboxylic acids is 1. The lowest BCUT2D eigenvalue weighted by Crippen LogP contribution is -2.49. The van der Waals surface area contributed by atoms with Crippen LogP contribution in [0.25, 0.3) is 11.1 Å². The van der Waals surface area contributed by atoms with Crippen LogP contribution in [0.2, 0.25) is 0 Å². The molecule has 2 aromatic heterocycles. The summed E-state index contributed by atoms with van der Waals surface area (Å²) in [4.78, 5) is 87.1. The first kappa shape index (κ1) is 43.9. The molecule has 4 aliphatic heterocycles. The zero-order chi connectivity index (χ0) is 43.1. The average molecular weight is 835 g/mol. The van der Waals surface area contributed by atoms with E-state index < -0.39 is 29.2 Å². The van der Waals surface area contributed by atoms with Crippen LogP contribution in [-0.4, -0.2) is 141 Å². The van der Waals surface area contributed by atoms with Crippen LogP contribution in [0.15, 0.2) is 54.6 Å². The van der Waals surface area contributed by atoms with Gasteiger partial charge in [0, 0.05) is 44.8 Å². The van der Waals surface area contributed by atoms with Crippen molar-refractivity contribution in [2.45, 2.75) is 103 Å². The van der Waals surface area contributed by atoms with Crippen molar-refractivity contribution in [2.75, 3.05) is 58.9 Å². The molecule has 3 atom stereocenters. The standard InChI is InChI=1S/C47H62N8O6/c1-47(2,3)41(46(60)61)51-43(57)38-27-34(29-40(50-38)45(59)55-25-13-18-36(55)31-53-22-9-10-23-53)33-26-37(42(56)48-19-11-16-32-14-5-4-6-15-32)49-39(28-33)44(58)54-24-12-17-35(54)30-52-20-7-8-21-52/h4-6,14-15,26-29,35-36,41H,7-13,16-25,30-31H2,1-3H3,(H,48,56)(H,51,57)(H,60,61). The molecule has 0 spiro atoms. The SMILES string of the molecule is CC(C)(C)C(NC(=O)c1cc(-c2cc(C(=O)NCCCc3ccccc3)nc(C(=O)N3CCCC3CN3CCCC3)c2)cc(C(=O)N2CCCC2CN2CCCC2)n1)C(=O)O. The second kappa shape index (κ2) is 19.7. The molecule has 0 saturated carbocycles. The van der Waals surface area contributed by atoms with Gasteiger partial charge in [0.25, 0.3) is 23.6 Å². The highest BCUT2D eigenvalue weighted by atomic mass is 16.4. The molecule has 4 amide bonds. The third-order valence-corrected chi connectivity index (χ3v) is 12.7. The Kier molecular flexibility index (Phi) is 14.1. The number of amides is 4. The largest absolute Gasteiger partial charge is 0.480 e. The molecule has 0 aliphatic carbocycles. The van der Waals surface area contributed by atoms with E-state index in [1.807, 2.05) is 40.1 Å². The first-order valence-electron chi connectivity index (χ1n) is 22.3. The Hall–Kier alpha value is -5.21. The Balaban J connectivity index is 1.25. The van der Waals surface area contributed by atoms with Gasteiger partial charge in [-0.2, -0.15) is 0 Å². The van der Waals surface area contributed by atoms with Crippen LogP contribution >= 0.6 is 0 Å². The minimum absolute atomic E-state index is 0.0121. The van der Waals surface area contributed by atoms with E-state index in [4.69, 9.17) is 0 Å². The molecule has 14 nitrogen and oxygen atoms in total. The maximum Gasteiger partial charge on any atom is 0.326 e. The topological polar surface area (TPSA) is 168 Å². The summed E-state index contributed by atoms with van der Waals surface area (Å²) < 4.78 is 0. The molecule has 3 N–H and O–H groups in total. The Bertz CT molecular complexity index is 2060. The summed E-state index contributed by atoms with van der Waals surface area (Å²) in [5, 5.41) is 15.7. The molecule has 0 radical (unpaired) electrons. The number of nitrogens with one attached hydrogen (secondary N) is 2. The van der Waals surface area contributed by atoms with Gasteiger partial charge in [0.1, 0.15) is 28.8 Å². The summed E-state index contributed by atoms with van der Waals surface area (Å²) in [5.74, 6) is -3.00. The van der Waals surface area contributed by atoms with Gasteiger partial charge in [-0.25, -0.2) is 14.8 Å². The predicted octanol–water partition coefficient (Wildman–Crippen LogP) is 5.14. The summed E-state index contributed by atoms with van der Waals surface area (Å²) in [7, 11) is 0. The van der Waals surface area contributed by atoms with Crippen LogP contribution in [0, 0.1) is 5.41 Å². The molecule has 1 aromatic carbocycles. The lowest BCUT2D eigenvalue weighted by atomic mass is 9.86. The minimum atomic E-state index is -1.25. The monoisotopic (exact) mass is 834 g/mol. The molecule has 6 heterocycles. The Morgan fingerprint density at radius 2 is 1.15 bits per heavy atom. The molecule has 3 unspecified atom stereocenters. The van der Waals surface area contributed by atoms with Crippen molar-refractivity contribution in [3.63, 3.8) is 0 Å². The van der Waals surface area contributed by atoms with E-state index in [1.54, 1.807) is 39.0 Å². The number of carbonyl (C=O) groups excluding carboxylic acids is 4. The molecule has 61 heavy (non-hydrogen) atoms. The van der Waals surface area contributed by atoms with E-state index in [2.05, 4.69) is 30.4 Å². The summed E-state index contributed by atoms with van der Waals surface area (Å²) in [6.07, 6.45) is 9.49. The third kappa shape index (κ3) is 11.0. The van der Waals surface area contributed by atoms with Crippen LogP contribution in [0.3, 0.4) is 0 Å². The molecular weight excluding hydrogens is 773 g/mol. The molecule has 0 bridgehead atoms. The fraction of sp³-hybridized carbons (Fsp3) is 0.553. The zero-order valence-corrected chi connectivity index (χ0v) is 36.0. The van der Waals surface area contributed by atoms with Crippen molar-refractivity contribution in [3.05, 3.63) is 82.9 Å². The molecule has 4 aliphatic rings. The van der Waals surface area contributed by atoms with Gasteiger partial charge < -0.3 is 35.3 Å². The number of aryl methyl sites for hydroxylation is 1. The Labute approximate surface area is 359 Å². The number of carboxylic acids is 1. The third-order valence-electron chi connectivity index (χ3n) is 12.7. The summed E-state index contributed by atoms with van der Waals surface area (Å²) in [5.41, 5.74) is 1.14. The zero-order valence-electron chi connectivity index (χ0n) is 36.0. The number of aromatic nitrogens is 2. The van der Waals surface area contributed by atoms with Gasteiger partial charge in [-0.05, 0) is 137 Å². The van der Waals surface area contributed by atoms with Crippen molar-refractivity contribution in [3.8, 4) is 11.1 Å². The number of carbonyl (C=O) groups is 5. The quantitative estimate of drug-likeness (QED) is 0.175. The number of benzene rings is 1. The maximum absolute atomic E-state index is 14.5. The molecular formula is C47H62N8O6. The molecule has 14 heteroatoms. The van der Waals surface area contributed by atoms with Gasteiger partial charge in [-0.15, -0.1) is 0 Å². The van der Waals surface area contributed by atoms with Gasteiger partial charge in [-0.3, -0.25) is 19.2 Å². The highest BCUT2D eigenvalue weighted by molar-refractivity contribution is 6.01. The molecule has 4 fully saturated rings. The second-order valence-corrected chi connectivity index (χ2v) is 18.3. The summed E-state index contributed by atoms with van der Waals surface area (Å²) in [6, 6.07) is 15.1. The highest BCUT2D eigenvalue weighted by Gasteiger charge is 2.36. The summed E-state index contributed by atoms with van der Waals surface area (Å²) in [6.45, 7) is 12.2. The molecule has 7 rings (SSSR count). The van der Waals surface area contributed by atoms with Crippen LogP contribution in [0.1, 0.15) is 126 Å². The molecule has 4 saturated heterocycles. The van der Waals surface area contributed by atoms with E-state index in [-0.39, 0.29) is 46.7 Å². The number of rotatable bonds is 15. The predicted molar refractivity (Wildman–Crippen MR) is 232 cm³/mol. The van der Waals surface area contributed by atoms with Crippen LogP contribution in [0.4, 0.5) is 0 Å². The lowest BCUT2D eigenvalue weighted by molar-refractivity contribution is -0.142. The van der Waals surface area contributed by atoms with Gasteiger partial charge in [0.15, 0.2) is 0 Å². The lowest BCUT2D eigenvalue weighted by Gasteiger charge is -2.29. The van der Waals surface area contributed by atoms with Crippen molar-refractivity contribution in [1.29, 1.82) is 0 Å². The van der Waals surface area contributed by atoms with E-state index >= 15 is 0 Å². The van der Waals surface area contributed by atoms with Crippen LogP contribution < -0.4 is 10.6 Å². The number of pyridine rings is 2. The van der Waals surface area contributed by atoms with E-state index in [1.165, 1.54) is 6.07 Å². The van der Waals surface area contributed by atoms with Crippen molar-refractivity contribution >= 4 is 29.6 Å².